The molecule has 0 saturated heterocycles. The zero-order valence-corrected chi connectivity index (χ0v) is 9.70. The van der Waals surface area contributed by atoms with Gasteiger partial charge in [-0.05, 0) is 38.2 Å². The summed E-state index contributed by atoms with van der Waals surface area (Å²) in [5.74, 6) is 0.631. The predicted octanol–water partition coefficient (Wildman–Crippen LogP) is 3.49. The third-order valence-electron chi connectivity index (χ3n) is 2.37. The van der Waals surface area contributed by atoms with Crippen LogP contribution in [0.5, 0.6) is 0 Å². The zero-order chi connectivity index (χ0) is 10.4. The van der Waals surface area contributed by atoms with E-state index in [4.69, 9.17) is 0 Å². The lowest BCUT2D eigenvalue weighted by molar-refractivity contribution is 0.681. The fourth-order valence-corrected chi connectivity index (χ4v) is 1.42. The summed E-state index contributed by atoms with van der Waals surface area (Å²) in [5, 5.41) is 3.22. The van der Waals surface area contributed by atoms with Crippen molar-refractivity contribution < 1.29 is 0 Å². The van der Waals surface area contributed by atoms with E-state index >= 15 is 0 Å². The van der Waals surface area contributed by atoms with E-state index in [-0.39, 0.29) is 0 Å². The summed E-state index contributed by atoms with van der Waals surface area (Å²) in [5.41, 5.74) is 4.10. The van der Waals surface area contributed by atoms with Crippen LogP contribution < -0.4 is 5.32 Å². The Bertz CT molecular complexity index is 199. The van der Waals surface area contributed by atoms with Gasteiger partial charge in [0.15, 0.2) is 0 Å². The average molecular weight is 181 g/mol. The summed E-state index contributed by atoms with van der Waals surface area (Å²) in [4.78, 5) is 0. The number of allylic oxidation sites excluding steroid dienone is 3. The van der Waals surface area contributed by atoms with Gasteiger partial charge in [-0.2, -0.15) is 0 Å². The second kappa shape index (κ2) is 5.85. The molecule has 0 atom stereocenters. The molecule has 0 heterocycles. The molecule has 0 fully saturated rings. The van der Waals surface area contributed by atoms with E-state index in [1.807, 2.05) is 7.05 Å². The monoisotopic (exact) mass is 181 g/mol. The van der Waals surface area contributed by atoms with Gasteiger partial charge < -0.3 is 5.32 Å². The van der Waals surface area contributed by atoms with Gasteiger partial charge in [0.1, 0.15) is 0 Å². The number of hydrogen-bond donors (Lipinski definition) is 1. The van der Waals surface area contributed by atoms with Gasteiger partial charge in [0.2, 0.25) is 0 Å². The van der Waals surface area contributed by atoms with E-state index in [1.54, 1.807) is 0 Å². The molecule has 0 aliphatic heterocycles. The zero-order valence-electron chi connectivity index (χ0n) is 9.70. The topological polar surface area (TPSA) is 12.0 Å². The van der Waals surface area contributed by atoms with Crippen molar-refractivity contribution in [2.75, 3.05) is 7.05 Å². The van der Waals surface area contributed by atoms with Crippen LogP contribution in [0.1, 0.15) is 40.5 Å². The molecular formula is C12H23N. The lowest BCUT2D eigenvalue weighted by atomic mass is 9.95. The van der Waals surface area contributed by atoms with Gasteiger partial charge in [0.05, 0.1) is 0 Å². The van der Waals surface area contributed by atoms with Crippen LogP contribution in [0.3, 0.4) is 0 Å². The van der Waals surface area contributed by atoms with E-state index in [1.165, 1.54) is 16.8 Å². The quantitative estimate of drug-likeness (QED) is 0.640. The molecule has 1 N–H and O–H groups in total. The standard InChI is InChI=1S/C12H23N/c1-9(2)7-8-12(10(3)4)11(5)13-6/h10,13H,1,7-8H2,2-6H3/b12-11-. The third kappa shape index (κ3) is 4.76. The molecule has 0 aliphatic rings. The first-order chi connectivity index (χ1) is 5.99. The Morgan fingerprint density at radius 3 is 2.08 bits per heavy atom. The van der Waals surface area contributed by atoms with Crippen LogP contribution in [0, 0.1) is 5.92 Å². The molecule has 0 unspecified atom stereocenters. The second-order valence-electron chi connectivity index (χ2n) is 4.01. The minimum atomic E-state index is 0.631. The fourth-order valence-electron chi connectivity index (χ4n) is 1.42. The van der Waals surface area contributed by atoms with Crippen LogP contribution in [0.2, 0.25) is 0 Å². The highest BCUT2D eigenvalue weighted by atomic mass is 14.8. The first kappa shape index (κ1) is 12.3. The minimum absolute atomic E-state index is 0.631. The molecule has 0 saturated carbocycles. The van der Waals surface area contributed by atoms with Crippen LogP contribution in [0.4, 0.5) is 0 Å². The van der Waals surface area contributed by atoms with Crippen molar-refractivity contribution in [1.82, 2.24) is 5.32 Å². The van der Waals surface area contributed by atoms with Gasteiger partial charge in [0, 0.05) is 12.7 Å². The molecule has 0 rings (SSSR count). The van der Waals surface area contributed by atoms with E-state index in [0.717, 1.165) is 12.8 Å². The molecule has 1 heteroatoms. The molecule has 0 radical (unpaired) electrons. The van der Waals surface area contributed by atoms with Gasteiger partial charge in [0.25, 0.3) is 0 Å². The summed E-state index contributed by atoms with van der Waals surface area (Å²) in [6, 6.07) is 0. The lowest BCUT2D eigenvalue weighted by Gasteiger charge is -2.15. The number of nitrogens with one attached hydrogen (secondary N) is 1. The molecule has 0 spiro atoms. The summed E-state index contributed by atoms with van der Waals surface area (Å²) < 4.78 is 0. The van der Waals surface area contributed by atoms with Crippen LogP contribution in [0.15, 0.2) is 23.4 Å². The second-order valence-corrected chi connectivity index (χ2v) is 4.01. The van der Waals surface area contributed by atoms with Gasteiger partial charge in [-0.25, -0.2) is 0 Å². The molecule has 0 aromatic heterocycles. The third-order valence-corrected chi connectivity index (χ3v) is 2.37. The highest BCUT2D eigenvalue weighted by Crippen LogP contribution is 2.20. The molecule has 76 valence electrons. The normalized spacial score (nSPS) is 12.8. The van der Waals surface area contributed by atoms with Crippen molar-refractivity contribution in [3.63, 3.8) is 0 Å². The summed E-state index contributed by atoms with van der Waals surface area (Å²) in [6.07, 6.45) is 2.24. The van der Waals surface area contributed by atoms with E-state index in [2.05, 4.69) is 39.6 Å². The Hall–Kier alpha value is -0.720. The van der Waals surface area contributed by atoms with Gasteiger partial charge in [-0.3, -0.25) is 0 Å². The van der Waals surface area contributed by atoms with Crippen molar-refractivity contribution in [2.45, 2.75) is 40.5 Å². The van der Waals surface area contributed by atoms with E-state index < -0.39 is 0 Å². The van der Waals surface area contributed by atoms with Crippen LogP contribution in [-0.4, -0.2) is 7.05 Å². The number of rotatable bonds is 5. The SMILES string of the molecule is C=C(C)CC/C(=C(\C)NC)C(C)C. The maximum absolute atomic E-state index is 3.93. The minimum Gasteiger partial charge on any atom is -0.392 e. The largest absolute Gasteiger partial charge is 0.392 e. The Balaban J connectivity index is 4.36. The molecule has 0 bridgehead atoms. The van der Waals surface area contributed by atoms with E-state index in [0.29, 0.717) is 5.92 Å². The summed E-state index contributed by atoms with van der Waals surface area (Å²) >= 11 is 0. The highest BCUT2D eigenvalue weighted by Gasteiger charge is 2.06. The van der Waals surface area contributed by atoms with Crippen molar-refractivity contribution in [1.29, 1.82) is 0 Å². The van der Waals surface area contributed by atoms with Crippen LogP contribution in [-0.2, 0) is 0 Å². The maximum Gasteiger partial charge on any atom is 0.00670 e. The molecular weight excluding hydrogens is 158 g/mol. The summed E-state index contributed by atoms with van der Waals surface area (Å²) in [7, 11) is 1.98. The van der Waals surface area contributed by atoms with Crippen molar-refractivity contribution in [3.8, 4) is 0 Å². The maximum atomic E-state index is 3.93. The van der Waals surface area contributed by atoms with E-state index in [9.17, 15) is 0 Å². The first-order valence-electron chi connectivity index (χ1n) is 5.00. The predicted molar refractivity (Wildman–Crippen MR) is 60.6 cm³/mol. The van der Waals surface area contributed by atoms with Crippen molar-refractivity contribution in [2.24, 2.45) is 5.92 Å². The van der Waals surface area contributed by atoms with Crippen molar-refractivity contribution in [3.05, 3.63) is 23.4 Å². The Morgan fingerprint density at radius 1 is 1.23 bits per heavy atom. The molecule has 0 amide bonds. The van der Waals surface area contributed by atoms with Crippen molar-refractivity contribution >= 4 is 0 Å². The van der Waals surface area contributed by atoms with Crippen LogP contribution >= 0.6 is 0 Å². The Labute approximate surface area is 82.9 Å². The summed E-state index contributed by atoms with van der Waals surface area (Å²) in [6.45, 7) is 12.7. The first-order valence-corrected chi connectivity index (χ1v) is 5.00. The fraction of sp³-hybridized carbons (Fsp3) is 0.667. The van der Waals surface area contributed by atoms with Gasteiger partial charge in [-0.15, -0.1) is 6.58 Å². The molecule has 1 nitrogen and oxygen atoms in total. The molecule has 0 aromatic rings. The van der Waals surface area contributed by atoms with Crippen LogP contribution in [0.25, 0.3) is 0 Å². The lowest BCUT2D eigenvalue weighted by Crippen LogP contribution is -2.09. The highest BCUT2D eigenvalue weighted by molar-refractivity contribution is 5.14. The average Bonchev–Trinajstić information content (AvgIpc) is 2.03. The smallest absolute Gasteiger partial charge is 0.00670 e. The Kier molecular flexibility index (Phi) is 5.52. The van der Waals surface area contributed by atoms with Gasteiger partial charge >= 0.3 is 0 Å². The number of hydrogen-bond acceptors (Lipinski definition) is 1. The van der Waals surface area contributed by atoms with Gasteiger partial charge in [-0.1, -0.05) is 19.4 Å². The Morgan fingerprint density at radius 2 is 1.77 bits per heavy atom. The molecule has 13 heavy (non-hydrogen) atoms. The molecule has 0 aromatic carbocycles. The molecule has 0 aliphatic carbocycles.